The number of rotatable bonds is 6. The van der Waals surface area contributed by atoms with Gasteiger partial charge < -0.3 is 4.74 Å². The number of benzene rings is 2. The molecular weight excluding hydrogens is 300 g/mol. The molecule has 2 rings (SSSR count). The number of amides is 1. The van der Waals surface area contributed by atoms with E-state index in [2.05, 4.69) is 10.5 Å². The lowest BCUT2D eigenvalue weighted by atomic mass is 10.1. The number of nitrogens with one attached hydrogen (secondary N) is 1. The van der Waals surface area contributed by atoms with Gasteiger partial charge in [0, 0.05) is 10.6 Å². The van der Waals surface area contributed by atoms with Crippen LogP contribution in [0.25, 0.3) is 0 Å². The summed E-state index contributed by atoms with van der Waals surface area (Å²) in [5, 5.41) is 4.50. The maximum Gasteiger partial charge on any atom is 0.244 e. The van der Waals surface area contributed by atoms with Crippen molar-refractivity contribution in [3.05, 3.63) is 64.7 Å². The summed E-state index contributed by atoms with van der Waals surface area (Å²) in [7, 11) is 0. The molecule has 114 valence electrons. The number of nitrogens with zero attached hydrogens (tertiary/aromatic N) is 1. The van der Waals surface area contributed by atoms with Crippen LogP contribution in [0.3, 0.4) is 0 Å². The Kier molecular flexibility index (Phi) is 5.98. The van der Waals surface area contributed by atoms with Gasteiger partial charge in [-0.15, -0.1) is 0 Å². The van der Waals surface area contributed by atoms with E-state index < -0.39 is 0 Å². The van der Waals surface area contributed by atoms with Gasteiger partial charge in [-0.25, -0.2) is 5.43 Å². The van der Waals surface area contributed by atoms with E-state index in [0.29, 0.717) is 11.6 Å². The Bertz CT molecular complexity index is 654. The first-order valence-electron chi connectivity index (χ1n) is 6.97. The van der Waals surface area contributed by atoms with Crippen LogP contribution in [0.4, 0.5) is 0 Å². The van der Waals surface area contributed by atoms with E-state index >= 15 is 0 Å². The van der Waals surface area contributed by atoms with Gasteiger partial charge in [-0.2, -0.15) is 5.10 Å². The molecule has 0 spiro atoms. The largest absolute Gasteiger partial charge is 0.494 e. The fraction of sp³-hybridized carbons (Fsp3) is 0.176. The van der Waals surface area contributed by atoms with Crippen LogP contribution in [0.15, 0.2) is 53.6 Å². The van der Waals surface area contributed by atoms with Crippen molar-refractivity contribution in [3.63, 3.8) is 0 Å². The number of ether oxygens (including phenoxy) is 1. The lowest BCUT2D eigenvalue weighted by molar-refractivity contribution is -0.120. The number of hydrogen-bond donors (Lipinski definition) is 1. The summed E-state index contributed by atoms with van der Waals surface area (Å²) in [5.74, 6) is 0.607. The number of carbonyl (C=O) groups is 1. The van der Waals surface area contributed by atoms with E-state index in [-0.39, 0.29) is 12.3 Å². The van der Waals surface area contributed by atoms with Crippen LogP contribution in [0, 0.1) is 0 Å². The highest BCUT2D eigenvalue weighted by atomic mass is 35.5. The first kappa shape index (κ1) is 16.0. The molecule has 0 saturated carbocycles. The molecular formula is C17H17ClN2O2. The van der Waals surface area contributed by atoms with E-state index in [1.54, 1.807) is 6.07 Å². The number of halogens is 1. The molecule has 0 aliphatic rings. The highest BCUT2D eigenvalue weighted by molar-refractivity contribution is 6.33. The van der Waals surface area contributed by atoms with Crippen molar-refractivity contribution in [1.29, 1.82) is 0 Å². The molecule has 0 fully saturated rings. The van der Waals surface area contributed by atoms with Gasteiger partial charge in [0.25, 0.3) is 0 Å². The Hall–Kier alpha value is -2.33. The second-order valence-electron chi connectivity index (χ2n) is 4.57. The summed E-state index contributed by atoms with van der Waals surface area (Å²) in [5.41, 5.74) is 4.14. The van der Waals surface area contributed by atoms with Crippen molar-refractivity contribution in [2.45, 2.75) is 13.3 Å². The van der Waals surface area contributed by atoms with Crippen LogP contribution in [0.5, 0.6) is 5.75 Å². The standard InChI is InChI=1S/C17H17ClN2O2/c1-2-22-15-9-7-13(8-10-15)11-17(21)20-19-12-14-5-3-4-6-16(14)18/h3-10,12H,2,11H2,1H3,(H,20,21)/b19-12-. The van der Waals surface area contributed by atoms with Gasteiger partial charge in [0.1, 0.15) is 5.75 Å². The van der Waals surface area contributed by atoms with Crippen LogP contribution in [0.2, 0.25) is 5.02 Å². The minimum atomic E-state index is -0.188. The zero-order valence-corrected chi connectivity index (χ0v) is 13.0. The average molecular weight is 317 g/mol. The predicted octanol–water partition coefficient (Wildman–Crippen LogP) is 3.43. The highest BCUT2D eigenvalue weighted by Gasteiger charge is 2.02. The topological polar surface area (TPSA) is 50.7 Å². The van der Waals surface area contributed by atoms with Crippen molar-refractivity contribution in [2.75, 3.05) is 6.61 Å². The lowest BCUT2D eigenvalue weighted by Crippen LogP contribution is -2.19. The van der Waals surface area contributed by atoms with E-state index in [4.69, 9.17) is 16.3 Å². The summed E-state index contributed by atoms with van der Waals surface area (Å²) in [6.45, 7) is 2.55. The molecule has 0 atom stereocenters. The van der Waals surface area contributed by atoms with Gasteiger partial charge in [0.15, 0.2) is 0 Å². The van der Waals surface area contributed by atoms with E-state index in [0.717, 1.165) is 16.9 Å². The van der Waals surface area contributed by atoms with Crippen LogP contribution >= 0.6 is 11.6 Å². The van der Waals surface area contributed by atoms with Crippen molar-refractivity contribution < 1.29 is 9.53 Å². The molecule has 2 aromatic carbocycles. The van der Waals surface area contributed by atoms with E-state index in [1.165, 1.54) is 6.21 Å². The van der Waals surface area contributed by atoms with Gasteiger partial charge >= 0.3 is 0 Å². The first-order chi connectivity index (χ1) is 10.7. The second-order valence-corrected chi connectivity index (χ2v) is 4.98. The summed E-state index contributed by atoms with van der Waals surface area (Å²) in [4.78, 5) is 11.8. The maximum absolute atomic E-state index is 11.8. The zero-order valence-electron chi connectivity index (χ0n) is 12.3. The normalized spacial score (nSPS) is 10.6. The molecule has 0 heterocycles. The smallest absolute Gasteiger partial charge is 0.244 e. The van der Waals surface area contributed by atoms with Gasteiger partial charge in [-0.05, 0) is 30.7 Å². The summed E-state index contributed by atoms with van der Waals surface area (Å²) < 4.78 is 5.35. The third-order valence-corrected chi connectivity index (χ3v) is 3.24. The zero-order chi connectivity index (χ0) is 15.8. The summed E-state index contributed by atoms with van der Waals surface area (Å²) >= 11 is 5.99. The van der Waals surface area contributed by atoms with Gasteiger partial charge in [0.05, 0.1) is 19.2 Å². The minimum absolute atomic E-state index is 0.188. The molecule has 0 bridgehead atoms. The molecule has 2 aromatic rings. The predicted molar refractivity (Wildman–Crippen MR) is 88.5 cm³/mol. The van der Waals surface area contributed by atoms with Crippen molar-refractivity contribution in [3.8, 4) is 5.75 Å². The van der Waals surface area contributed by atoms with Crippen LogP contribution < -0.4 is 10.2 Å². The average Bonchev–Trinajstić information content (AvgIpc) is 2.51. The summed E-state index contributed by atoms with van der Waals surface area (Å²) in [6.07, 6.45) is 1.78. The van der Waals surface area contributed by atoms with E-state index in [1.807, 2.05) is 49.4 Å². The summed E-state index contributed by atoms with van der Waals surface area (Å²) in [6, 6.07) is 14.7. The third-order valence-electron chi connectivity index (χ3n) is 2.90. The lowest BCUT2D eigenvalue weighted by Gasteiger charge is -2.04. The SMILES string of the molecule is CCOc1ccc(CC(=O)N/N=C\c2ccccc2Cl)cc1. The number of hydrazone groups is 1. The molecule has 1 N–H and O–H groups in total. The van der Waals surface area contributed by atoms with Gasteiger partial charge in [0.2, 0.25) is 5.91 Å². The molecule has 0 aliphatic heterocycles. The molecule has 0 radical (unpaired) electrons. The molecule has 22 heavy (non-hydrogen) atoms. The van der Waals surface area contributed by atoms with E-state index in [9.17, 15) is 4.79 Å². The molecule has 0 aromatic heterocycles. The van der Waals surface area contributed by atoms with Crippen LogP contribution in [-0.4, -0.2) is 18.7 Å². The quantitative estimate of drug-likeness (QED) is 0.655. The highest BCUT2D eigenvalue weighted by Crippen LogP contribution is 2.13. The maximum atomic E-state index is 11.8. The first-order valence-corrected chi connectivity index (χ1v) is 7.35. The van der Waals surface area contributed by atoms with Gasteiger partial charge in [-0.1, -0.05) is 41.9 Å². The van der Waals surface area contributed by atoms with Crippen molar-refractivity contribution >= 4 is 23.7 Å². The van der Waals surface area contributed by atoms with Crippen molar-refractivity contribution in [1.82, 2.24) is 5.43 Å². The molecule has 0 aliphatic carbocycles. The van der Waals surface area contributed by atoms with Crippen LogP contribution in [-0.2, 0) is 11.2 Å². The Labute approximate surface area is 134 Å². The third kappa shape index (κ3) is 4.90. The monoisotopic (exact) mass is 316 g/mol. The number of hydrogen-bond acceptors (Lipinski definition) is 3. The Balaban J connectivity index is 1.86. The molecule has 4 nitrogen and oxygen atoms in total. The fourth-order valence-corrected chi connectivity index (χ4v) is 2.03. The van der Waals surface area contributed by atoms with Gasteiger partial charge in [-0.3, -0.25) is 4.79 Å². The molecule has 5 heteroatoms. The Morgan fingerprint density at radius 3 is 2.64 bits per heavy atom. The second kappa shape index (κ2) is 8.20. The van der Waals surface area contributed by atoms with Crippen LogP contribution in [0.1, 0.15) is 18.1 Å². The fourth-order valence-electron chi connectivity index (χ4n) is 1.85. The Morgan fingerprint density at radius 2 is 1.95 bits per heavy atom. The number of carbonyl (C=O) groups excluding carboxylic acids is 1. The molecule has 1 amide bonds. The minimum Gasteiger partial charge on any atom is -0.494 e. The molecule has 0 saturated heterocycles. The van der Waals surface area contributed by atoms with Crippen molar-refractivity contribution in [2.24, 2.45) is 5.10 Å². The Morgan fingerprint density at radius 1 is 1.23 bits per heavy atom. The molecule has 0 unspecified atom stereocenters.